The van der Waals surface area contributed by atoms with E-state index in [4.69, 9.17) is 4.74 Å². The van der Waals surface area contributed by atoms with Gasteiger partial charge in [0.2, 0.25) is 5.79 Å². The summed E-state index contributed by atoms with van der Waals surface area (Å²) in [6.07, 6.45) is 8.31. The second-order valence-electron chi connectivity index (χ2n) is 9.82. The number of ketones is 1. The first-order valence-corrected chi connectivity index (χ1v) is 10.1. The molecule has 4 fully saturated rings. The highest BCUT2D eigenvalue weighted by molar-refractivity contribution is 5.87. The lowest BCUT2D eigenvalue weighted by Crippen LogP contribution is -2.56. The monoisotopic (exact) mass is 348 g/mol. The molecule has 25 heavy (non-hydrogen) atoms. The Hall–Kier alpha value is -0.900. The van der Waals surface area contributed by atoms with Gasteiger partial charge in [0.05, 0.1) is 0 Å². The number of ether oxygens (including phenoxy) is 1. The number of esters is 1. The minimum atomic E-state index is -1.27. The summed E-state index contributed by atoms with van der Waals surface area (Å²) in [5, 5.41) is 10.7. The number of aliphatic hydroxyl groups is 1. The molecule has 1 N–H and O–H groups in total. The van der Waals surface area contributed by atoms with E-state index in [1.54, 1.807) is 0 Å². The van der Waals surface area contributed by atoms with Crippen molar-refractivity contribution in [2.24, 2.45) is 34.5 Å². The predicted octanol–water partition coefficient (Wildman–Crippen LogP) is 3.85. The largest absolute Gasteiger partial charge is 0.433 e. The van der Waals surface area contributed by atoms with E-state index in [1.807, 2.05) is 0 Å². The number of hydrogen-bond acceptors (Lipinski definition) is 4. The van der Waals surface area contributed by atoms with Gasteiger partial charge in [-0.3, -0.25) is 9.59 Å². The van der Waals surface area contributed by atoms with Crippen molar-refractivity contribution in [3.05, 3.63) is 0 Å². The van der Waals surface area contributed by atoms with Crippen LogP contribution >= 0.6 is 0 Å². The second-order valence-corrected chi connectivity index (χ2v) is 9.82. The molecule has 4 aliphatic carbocycles. The second kappa shape index (κ2) is 5.55. The van der Waals surface area contributed by atoms with Crippen molar-refractivity contribution in [1.29, 1.82) is 0 Å². The third kappa shape index (κ3) is 2.50. The molecule has 0 heterocycles. The zero-order valence-electron chi connectivity index (χ0n) is 15.8. The lowest BCUT2D eigenvalue weighted by Gasteiger charge is -2.60. The number of rotatable bonds is 1. The van der Waals surface area contributed by atoms with Gasteiger partial charge in [-0.25, -0.2) is 0 Å². The van der Waals surface area contributed by atoms with Crippen LogP contribution < -0.4 is 0 Å². The molecule has 0 aromatic carbocycles. The molecule has 0 aliphatic heterocycles. The van der Waals surface area contributed by atoms with E-state index in [2.05, 4.69) is 13.8 Å². The van der Waals surface area contributed by atoms with Crippen LogP contribution in [0.2, 0.25) is 0 Å². The number of carbonyl (C=O) groups is 2. The van der Waals surface area contributed by atoms with Crippen LogP contribution in [0.15, 0.2) is 0 Å². The highest BCUT2D eigenvalue weighted by Gasteiger charge is 2.61. The minimum absolute atomic E-state index is 0.0719. The Labute approximate surface area is 150 Å². The van der Waals surface area contributed by atoms with Gasteiger partial charge in [0.25, 0.3) is 0 Å². The van der Waals surface area contributed by atoms with Gasteiger partial charge in [-0.2, -0.15) is 0 Å². The van der Waals surface area contributed by atoms with Crippen molar-refractivity contribution >= 4 is 11.8 Å². The summed E-state index contributed by atoms with van der Waals surface area (Å²) in [5.74, 6) is 1.12. The summed E-state index contributed by atoms with van der Waals surface area (Å²) in [6.45, 7) is 6.00. The van der Waals surface area contributed by atoms with Crippen LogP contribution in [-0.4, -0.2) is 22.6 Å². The summed E-state index contributed by atoms with van der Waals surface area (Å²) >= 11 is 0. The molecule has 4 nitrogen and oxygen atoms in total. The van der Waals surface area contributed by atoms with E-state index >= 15 is 0 Å². The van der Waals surface area contributed by atoms with Gasteiger partial charge in [-0.1, -0.05) is 13.8 Å². The number of Topliss-reactive ketones (excluding diaryl/α,β-unsaturated/α-hetero) is 1. The van der Waals surface area contributed by atoms with Gasteiger partial charge in [0.1, 0.15) is 5.78 Å². The van der Waals surface area contributed by atoms with Crippen LogP contribution in [0.25, 0.3) is 0 Å². The van der Waals surface area contributed by atoms with Crippen molar-refractivity contribution in [2.75, 3.05) is 0 Å². The van der Waals surface area contributed by atoms with Crippen molar-refractivity contribution in [2.45, 2.75) is 84.3 Å². The first kappa shape index (κ1) is 17.5. The molecule has 4 saturated carbocycles. The molecule has 0 aromatic heterocycles. The van der Waals surface area contributed by atoms with Crippen LogP contribution in [-0.2, 0) is 14.3 Å². The molecule has 7 atom stereocenters. The molecule has 4 rings (SSSR count). The fraction of sp³-hybridized carbons (Fsp3) is 0.905. The highest BCUT2D eigenvalue weighted by Crippen LogP contribution is 2.66. The summed E-state index contributed by atoms with van der Waals surface area (Å²) in [5.41, 5.74) is 0.139. The summed E-state index contributed by atoms with van der Waals surface area (Å²) in [7, 11) is 0. The van der Waals surface area contributed by atoms with E-state index in [0.717, 1.165) is 44.9 Å². The predicted molar refractivity (Wildman–Crippen MR) is 93.4 cm³/mol. The van der Waals surface area contributed by atoms with Crippen molar-refractivity contribution in [3.8, 4) is 0 Å². The summed E-state index contributed by atoms with van der Waals surface area (Å²) in [6, 6.07) is 0. The third-order valence-electron chi connectivity index (χ3n) is 8.73. The van der Waals surface area contributed by atoms with E-state index in [-0.39, 0.29) is 10.8 Å². The summed E-state index contributed by atoms with van der Waals surface area (Å²) < 4.78 is 5.28. The molecule has 0 aromatic rings. The SMILES string of the molecule is CC(=O)O[C@@]1(O)CC[C@@]2(C)C(CC[C@@H]3[C@@H]2CC[C@]2(C)C(=O)CC[C@@H]32)C1. The molecule has 1 unspecified atom stereocenters. The Bertz CT molecular complexity index is 601. The van der Waals surface area contributed by atoms with Gasteiger partial charge in [-0.15, -0.1) is 0 Å². The van der Waals surface area contributed by atoms with Gasteiger partial charge in [0, 0.05) is 31.6 Å². The fourth-order valence-corrected chi connectivity index (χ4v) is 7.34. The molecule has 0 bridgehead atoms. The molecular formula is C21H32O4. The maximum atomic E-state index is 12.5. The average molecular weight is 348 g/mol. The van der Waals surface area contributed by atoms with Crippen LogP contribution in [0.3, 0.4) is 0 Å². The molecule has 0 spiro atoms. The van der Waals surface area contributed by atoms with Gasteiger partial charge in [0.15, 0.2) is 0 Å². The lowest BCUT2D eigenvalue weighted by atomic mass is 9.45. The summed E-state index contributed by atoms with van der Waals surface area (Å²) in [4.78, 5) is 23.8. The van der Waals surface area contributed by atoms with E-state index in [9.17, 15) is 14.7 Å². The Morgan fingerprint density at radius 3 is 2.56 bits per heavy atom. The Balaban J connectivity index is 1.57. The number of carbonyl (C=O) groups excluding carboxylic acids is 2. The van der Waals surface area contributed by atoms with Crippen LogP contribution in [0.5, 0.6) is 0 Å². The Morgan fingerprint density at radius 1 is 1.08 bits per heavy atom. The standard InChI is InChI=1S/C21H32O4/c1-13(22)25-21(24)11-10-19(2)14(12-21)4-5-15-16-6-7-18(23)20(16,3)9-8-17(15)19/h14-17,24H,4-12H2,1-3H3/t14?,15-,16-,17-,19-,20-,21-/m0/s1. The topological polar surface area (TPSA) is 63.6 Å². The quantitative estimate of drug-likeness (QED) is 0.577. The lowest BCUT2D eigenvalue weighted by molar-refractivity contribution is -0.249. The van der Waals surface area contributed by atoms with Crippen molar-refractivity contribution in [3.63, 3.8) is 0 Å². The van der Waals surface area contributed by atoms with Gasteiger partial charge in [-0.05, 0) is 67.6 Å². The molecular weight excluding hydrogens is 316 g/mol. The minimum Gasteiger partial charge on any atom is -0.433 e. The zero-order chi connectivity index (χ0) is 18.0. The smallest absolute Gasteiger partial charge is 0.305 e. The highest BCUT2D eigenvalue weighted by atomic mass is 16.7. The average Bonchev–Trinajstić information content (AvgIpc) is 2.83. The molecule has 0 saturated heterocycles. The van der Waals surface area contributed by atoms with Gasteiger partial charge < -0.3 is 9.84 Å². The van der Waals surface area contributed by atoms with E-state index in [1.165, 1.54) is 6.92 Å². The molecule has 140 valence electrons. The van der Waals surface area contributed by atoms with Crippen molar-refractivity contribution < 1.29 is 19.4 Å². The third-order valence-corrected chi connectivity index (χ3v) is 8.73. The molecule has 0 amide bonds. The van der Waals surface area contributed by atoms with Crippen LogP contribution in [0, 0.1) is 34.5 Å². The first-order chi connectivity index (χ1) is 11.7. The molecule has 4 heteroatoms. The fourth-order valence-electron chi connectivity index (χ4n) is 7.34. The zero-order valence-corrected chi connectivity index (χ0v) is 15.8. The molecule has 0 radical (unpaired) electrons. The Kier molecular flexibility index (Phi) is 3.89. The van der Waals surface area contributed by atoms with E-state index < -0.39 is 11.8 Å². The Morgan fingerprint density at radius 2 is 1.84 bits per heavy atom. The number of fused-ring (bicyclic) bond motifs is 5. The first-order valence-electron chi connectivity index (χ1n) is 10.1. The van der Waals surface area contributed by atoms with Gasteiger partial charge >= 0.3 is 5.97 Å². The normalized spacial score (nSPS) is 52.1. The number of hydrogen-bond donors (Lipinski definition) is 1. The molecule has 4 aliphatic rings. The maximum absolute atomic E-state index is 12.5. The van der Waals surface area contributed by atoms with Crippen LogP contribution in [0.4, 0.5) is 0 Å². The maximum Gasteiger partial charge on any atom is 0.305 e. The van der Waals surface area contributed by atoms with E-state index in [0.29, 0.717) is 42.3 Å². The van der Waals surface area contributed by atoms with Crippen molar-refractivity contribution in [1.82, 2.24) is 0 Å². The van der Waals surface area contributed by atoms with Crippen LogP contribution in [0.1, 0.15) is 78.6 Å².